The normalized spacial score (nSPS) is 10.8. The van der Waals surface area contributed by atoms with E-state index < -0.39 is 10.8 Å². The first kappa shape index (κ1) is 19.6. The van der Waals surface area contributed by atoms with Crippen LogP contribution < -0.4 is 15.5 Å². The van der Waals surface area contributed by atoms with Crippen LogP contribution in [0.4, 0.5) is 11.4 Å². The van der Waals surface area contributed by atoms with Gasteiger partial charge in [-0.05, 0) is 31.2 Å². The van der Waals surface area contributed by atoms with Gasteiger partial charge in [0.1, 0.15) is 5.75 Å². The van der Waals surface area contributed by atoms with E-state index in [0.29, 0.717) is 17.1 Å². The van der Waals surface area contributed by atoms with Gasteiger partial charge in [0.25, 0.3) is 11.6 Å². The summed E-state index contributed by atoms with van der Waals surface area (Å²) in [6.45, 7) is 1.60. The molecular formula is C18H18N4O5. The van der Waals surface area contributed by atoms with Crippen molar-refractivity contribution in [2.75, 3.05) is 12.4 Å². The quantitative estimate of drug-likeness (QED) is 0.441. The highest BCUT2D eigenvalue weighted by Gasteiger charge is 2.11. The Bertz CT molecular complexity index is 878. The van der Waals surface area contributed by atoms with Crippen molar-refractivity contribution in [2.45, 2.75) is 13.3 Å². The van der Waals surface area contributed by atoms with Crippen LogP contribution in [0.3, 0.4) is 0 Å². The van der Waals surface area contributed by atoms with Crippen LogP contribution in [-0.4, -0.2) is 29.6 Å². The smallest absolute Gasteiger partial charge is 0.271 e. The molecule has 0 aliphatic rings. The first-order valence-electron chi connectivity index (χ1n) is 7.91. The number of nitro benzene ring substituents is 1. The van der Waals surface area contributed by atoms with Crippen LogP contribution in [0.5, 0.6) is 5.75 Å². The Morgan fingerprint density at radius 2 is 1.81 bits per heavy atom. The number of carbonyl (C=O) groups excluding carboxylic acids is 2. The van der Waals surface area contributed by atoms with Crippen LogP contribution in [0.2, 0.25) is 0 Å². The van der Waals surface area contributed by atoms with E-state index in [1.165, 1.54) is 31.4 Å². The van der Waals surface area contributed by atoms with Crippen molar-refractivity contribution in [3.63, 3.8) is 0 Å². The summed E-state index contributed by atoms with van der Waals surface area (Å²) in [4.78, 5) is 34.1. The van der Waals surface area contributed by atoms with Crippen molar-refractivity contribution in [3.8, 4) is 5.75 Å². The summed E-state index contributed by atoms with van der Waals surface area (Å²) in [5, 5.41) is 17.2. The van der Waals surface area contributed by atoms with Crippen LogP contribution in [-0.2, 0) is 4.79 Å². The molecule has 0 saturated heterocycles. The van der Waals surface area contributed by atoms with Gasteiger partial charge < -0.3 is 10.1 Å². The first-order valence-corrected chi connectivity index (χ1v) is 7.91. The number of nitrogens with one attached hydrogen (secondary N) is 2. The fourth-order valence-corrected chi connectivity index (χ4v) is 2.16. The number of benzene rings is 2. The molecule has 0 heterocycles. The van der Waals surface area contributed by atoms with Crippen molar-refractivity contribution >= 4 is 28.9 Å². The molecule has 2 rings (SSSR count). The average molecular weight is 370 g/mol. The molecule has 0 saturated carbocycles. The zero-order chi connectivity index (χ0) is 19.8. The lowest BCUT2D eigenvalue weighted by atomic mass is 10.2. The zero-order valence-corrected chi connectivity index (χ0v) is 14.8. The highest BCUT2D eigenvalue weighted by molar-refractivity contribution is 6.06. The third-order valence-electron chi connectivity index (χ3n) is 3.49. The molecule has 2 amide bonds. The number of para-hydroxylation sites is 2. The minimum Gasteiger partial charge on any atom is -0.495 e. The Hall–Kier alpha value is -3.75. The van der Waals surface area contributed by atoms with Gasteiger partial charge in [-0.1, -0.05) is 12.1 Å². The van der Waals surface area contributed by atoms with Gasteiger partial charge in [0.15, 0.2) is 0 Å². The second-order valence-electron chi connectivity index (χ2n) is 5.52. The molecule has 2 aromatic carbocycles. The van der Waals surface area contributed by atoms with Gasteiger partial charge in [0, 0.05) is 23.4 Å². The molecule has 0 fully saturated rings. The van der Waals surface area contributed by atoms with E-state index in [9.17, 15) is 19.7 Å². The summed E-state index contributed by atoms with van der Waals surface area (Å²) in [5.41, 5.74) is 3.34. The number of hydrazone groups is 1. The molecule has 0 radical (unpaired) electrons. The fraction of sp³-hybridized carbons (Fsp3) is 0.167. The Morgan fingerprint density at radius 3 is 2.44 bits per heavy atom. The van der Waals surface area contributed by atoms with Crippen molar-refractivity contribution in [1.29, 1.82) is 0 Å². The van der Waals surface area contributed by atoms with Gasteiger partial charge in [-0.25, -0.2) is 5.43 Å². The monoisotopic (exact) mass is 370 g/mol. The van der Waals surface area contributed by atoms with Crippen molar-refractivity contribution in [3.05, 3.63) is 64.2 Å². The number of non-ortho nitro benzene ring substituents is 1. The maximum Gasteiger partial charge on any atom is 0.271 e. The van der Waals surface area contributed by atoms with Crippen LogP contribution >= 0.6 is 0 Å². The standard InChI is InChI=1S/C18H18N4O5/c1-12(11-17(23)19-15-5-3-4-6-16(15)27-2)20-21-18(24)13-7-9-14(10-8-13)22(25)26/h3-10H,11H2,1-2H3,(H,19,23)(H,21,24)/b20-12-. The predicted octanol–water partition coefficient (Wildman–Crippen LogP) is 2.74. The summed E-state index contributed by atoms with van der Waals surface area (Å²) >= 11 is 0. The Morgan fingerprint density at radius 1 is 1.15 bits per heavy atom. The SMILES string of the molecule is COc1ccccc1NC(=O)C/C(C)=N\NC(=O)c1ccc([N+](=O)[O-])cc1. The molecule has 0 aliphatic carbocycles. The fourth-order valence-electron chi connectivity index (χ4n) is 2.16. The topological polar surface area (TPSA) is 123 Å². The summed E-state index contributed by atoms with van der Waals surface area (Å²) < 4.78 is 5.16. The number of nitro groups is 1. The lowest BCUT2D eigenvalue weighted by molar-refractivity contribution is -0.384. The molecule has 9 heteroatoms. The van der Waals surface area contributed by atoms with Gasteiger partial charge in [-0.15, -0.1) is 0 Å². The minimum atomic E-state index is -0.551. The summed E-state index contributed by atoms with van der Waals surface area (Å²) in [5.74, 6) is -0.313. The summed E-state index contributed by atoms with van der Waals surface area (Å²) in [7, 11) is 1.51. The van der Waals surface area contributed by atoms with E-state index in [0.717, 1.165) is 0 Å². The number of anilines is 1. The molecule has 0 spiro atoms. The van der Waals surface area contributed by atoms with Crippen molar-refractivity contribution < 1.29 is 19.2 Å². The molecule has 0 atom stereocenters. The van der Waals surface area contributed by atoms with Gasteiger partial charge >= 0.3 is 0 Å². The summed E-state index contributed by atoms with van der Waals surface area (Å²) in [6, 6.07) is 12.1. The van der Waals surface area contributed by atoms with Crippen LogP contribution in [0, 0.1) is 10.1 Å². The average Bonchev–Trinajstić information content (AvgIpc) is 2.66. The highest BCUT2D eigenvalue weighted by atomic mass is 16.6. The second kappa shape index (κ2) is 9.09. The minimum absolute atomic E-state index is 0.0292. The number of nitrogens with zero attached hydrogens (tertiary/aromatic N) is 2. The molecule has 0 aromatic heterocycles. The van der Waals surface area contributed by atoms with E-state index in [2.05, 4.69) is 15.8 Å². The molecule has 140 valence electrons. The molecule has 0 bridgehead atoms. The number of hydrogen-bond acceptors (Lipinski definition) is 6. The third-order valence-corrected chi connectivity index (χ3v) is 3.49. The maximum absolute atomic E-state index is 12.1. The first-order chi connectivity index (χ1) is 12.9. The number of carbonyl (C=O) groups is 2. The van der Waals surface area contributed by atoms with E-state index in [1.54, 1.807) is 31.2 Å². The van der Waals surface area contributed by atoms with Crippen molar-refractivity contribution in [1.82, 2.24) is 5.43 Å². The summed E-state index contributed by atoms with van der Waals surface area (Å²) in [6.07, 6.45) is -0.0292. The Kier molecular flexibility index (Phi) is 6.59. The van der Waals surface area contributed by atoms with E-state index >= 15 is 0 Å². The predicted molar refractivity (Wildman–Crippen MR) is 99.9 cm³/mol. The van der Waals surface area contributed by atoms with E-state index in [4.69, 9.17) is 4.74 Å². The van der Waals surface area contributed by atoms with E-state index in [1.807, 2.05) is 0 Å². The lowest BCUT2D eigenvalue weighted by Crippen LogP contribution is -2.21. The van der Waals surface area contributed by atoms with Gasteiger partial charge in [-0.3, -0.25) is 19.7 Å². The van der Waals surface area contributed by atoms with Crippen molar-refractivity contribution in [2.24, 2.45) is 5.10 Å². The van der Waals surface area contributed by atoms with Gasteiger partial charge in [-0.2, -0.15) is 5.10 Å². The molecule has 9 nitrogen and oxygen atoms in total. The Balaban J connectivity index is 1.92. The lowest BCUT2D eigenvalue weighted by Gasteiger charge is -2.09. The molecule has 0 unspecified atom stereocenters. The van der Waals surface area contributed by atoms with Crippen LogP contribution in [0.15, 0.2) is 53.6 Å². The molecule has 27 heavy (non-hydrogen) atoms. The third kappa shape index (κ3) is 5.63. The maximum atomic E-state index is 12.1. The number of methoxy groups -OCH3 is 1. The van der Waals surface area contributed by atoms with Gasteiger partial charge in [0.05, 0.1) is 24.1 Å². The van der Waals surface area contributed by atoms with Gasteiger partial charge in [0.2, 0.25) is 5.91 Å². The molecule has 2 N–H and O–H groups in total. The zero-order valence-electron chi connectivity index (χ0n) is 14.8. The van der Waals surface area contributed by atoms with Crippen LogP contribution in [0.25, 0.3) is 0 Å². The molecule has 0 aliphatic heterocycles. The number of hydrogen-bond donors (Lipinski definition) is 2. The molecular weight excluding hydrogens is 352 g/mol. The number of rotatable bonds is 7. The van der Waals surface area contributed by atoms with Crippen LogP contribution in [0.1, 0.15) is 23.7 Å². The van der Waals surface area contributed by atoms with E-state index in [-0.39, 0.29) is 23.6 Å². The largest absolute Gasteiger partial charge is 0.495 e. The Labute approximate surface area is 155 Å². The second-order valence-corrected chi connectivity index (χ2v) is 5.52. The highest BCUT2D eigenvalue weighted by Crippen LogP contribution is 2.23. The number of amides is 2. The molecule has 2 aromatic rings. The number of ether oxygens (including phenoxy) is 1.